The van der Waals surface area contributed by atoms with E-state index in [1.165, 1.54) is 0 Å². The first-order valence-electron chi connectivity index (χ1n) is 9.27. The first-order chi connectivity index (χ1) is 12.9. The summed E-state index contributed by atoms with van der Waals surface area (Å²) in [6.45, 7) is 9.56. The summed E-state index contributed by atoms with van der Waals surface area (Å²) in [6.07, 6.45) is 7.03. The topological polar surface area (TPSA) is 89.7 Å². The lowest BCUT2D eigenvalue weighted by atomic mass is 10.0. The van der Waals surface area contributed by atoms with Crippen LogP contribution in [-0.4, -0.2) is 36.5 Å². The van der Waals surface area contributed by atoms with Crippen LogP contribution in [0.4, 0.5) is 5.69 Å². The Hall–Kier alpha value is -2.90. The number of aromatic nitrogens is 5. The molecule has 27 heavy (non-hydrogen) atoms. The molecule has 0 aliphatic rings. The Balaban J connectivity index is 1.93. The van der Waals surface area contributed by atoms with Gasteiger partial charge in [0.25, 0.3) is 5.91 Å². The van der Waals surface area contributed by atoms with Crippen LogP contribution in [0.3, 0.4) is 0 Å². The highest BCUT2D eigenvalue weighted by molar-refractivity contribution is 6.06. The summed E-state index contributed by atoms with van der Waals surface area (Å²) in [7, 11) is 1.85. The second-order valence-electron chi connectivity index (χ2n) is 7.13. The molecule has 3 heterocycles. The molecule has 1 atom stereocenters. The van der Waals surface area contributed by atoms with Crippen molar-refractivity contribution in [2.75, 3.05) is 5.32 Å². The number of aryl methyl sites for hydroxylation is 2. The Morgan fingerprint density at radius 2 is 1.96 bits per heavy atom. The molecule has 0 aliphatic heterocycles. The maximum Gasteiger partial charge on any atom is 0.255 e. The van der Waals surface area contributed by atoms with Gasteiger partial charge in [-0.15, -0.1) is 0 Å². The van der Waals surface area contributed by atoms with Crippen LogP contribution in [0.5, 0.6) is 0 Å². The van der Waals surface area contributed by atoms with Crippen LogP contribution in [0, 0.1) is 5.92 Å². The van der Waals surface area contributed by atoms with Gasteiger partial charge in [-0.05, 0) is 19.8 Å². The average Bonchev–Trinajstić information content (AvgIpc) is 3.25. The van der Waals surface area contributed by atoms with Crippen molar-refractivity contribution in [3.63, 3.8) is 0 Å². The number of amides is 1. The van der Waals surface area contributed by atoms with E-state index < -0.39 is 0 Å². The molecule has 0 radical (unpaired) electrons. The van der Waals surface area contributed by atoms with Gasteiger partial charge in [-0.25, -0.2) is 9.67 Å². The summed E-state index contributed by atoms with van der Waals surface area (Å²) < 4.78 is 3.55. The number of anilines is 1. The number of pyridine rings is 1. The summed E-state index contributed by atoms with van der Waals surface area (Å²) in [5, 5.41) is 15.8. The molecule has 0 saturated heterocycles. The molecule has 0 spiro atoms. The fourth-order valence-electron chi connectivity index (χ4n) is 2.82. The van der Waals surface area contributed by atoms with Crippen molar-refractivity contribution in [3.8, 4) is 0 Å². The second-order valence-corrected chi connectivity index (χ2v) is 7.13. The average molecular weight is 369 g/mol. The van der Waals surface area contributed by atoms with Gasteiger partial charge in [0.1, 0.15) is 0 Å². The van der Waals surface area contributed by atoms with Crippen LogP contribution in [0.1, 0.15) is 43.6 Å². The van der Waals surface area contributed by atoms with Crippen LogP contribution in [0.2, 0.25) is 0 Å². The zero-order valence-corrected chi connectivity index (χ0v) is 16.5. The third-order valence-corrected chi connectivity index (χ3v) is 4.79. The molecule has 1 amide bonds. The molecule has 0 aliphatic carbocycles. The minimum atomic E-state index is -0.170. The Kier molecular flexibility index (Phi) is 5.43. The molecule has 3 rings (SSSR count). The number of hydrogen-bond donors (Lipinski definition) is 2. The predicted molar refractivity (Wildman–Crippen MR) is 106 cm³/mol. The molecular formula is C19H27N7O. The van der Waals surface area contributed by atoms with E-state index in [1.54, 1.807) is 23.3 Å². The molecule has 0 fully saturated rings. The summed E-state index contributed by atoms with van der Waals surface area (Å²) in [6, 6.07) is 0.199. The normalized spacial score (nSPS) is 12.5. The van der Waals surface area contributed by atoms with Crippen LogP contribution < -0.4 is 10.6 Å². The number of hydrogen-bond acceptors (Lipinski definition) is 5. The molecule has 8 nitrogen and oxygen atoms in total. The Bertz CT molecular complexity index is 941. The second kappa shape index (κ2) is 7.77. The molecule has 0 bridgehead atoms. The molecule has 0 unspecified atom stereocenters. The molecule has 0 aromatic carbocycles. The van der Waals surface area contributed by atoms with Crippen molar-refractivity contribution in [1.82, 2.24) is 29.9 Å². The molecule has 3 aromatic heterocycles. The molecule has 144 valence electrons. The first kappa shape index (κ1) is 18.9. The van der Waals surface area contributed by atoms with E-state index >= 15 is 0 Å². The lowest BCUT2D eigenvalue weighted by Crippen LogP contribution is -2.27. The zero-order valence-electron chi connectivity index (χ0n) is 16.5. The van der Waals surface area contributed by atoms with Gasteiger partial charge in [-0.1, -0.05) is 13.8 Å². The smallest absolute Gasteiger partial charge is 0.255 e. The van der Waals surface area contributed by atoms with Crippen molar-refractivity contribution in [3.05, 3.63) is 35.9 Å². The molecule has 2 N–H and O–H groups in total. The van der Waals surface area contributed by atoms with E-state index in [2.05, 4.69) is 46.6 Å². The van der Waals surface area contributed by atoms with Crippen LogP contribution in [0.25, 0.3) is 11.0 Å². The number of nitrogens with one attached hydrogen (secondary N) is 2. The Morgan fingerprint density at radius 1 is 1.19 bits per heavy atom. The maximum atomic E-state index is 12.9. The van der Waals surface area contributed by atoms with Crippen LogP contribution in [-0.2, 0) is 20.1 Å². The fraction of sp³-hybridized carbons (Fsp3) is 0.474. The van der Waals surface area contributed by atoms with Crippen LogP contribution >= 0.6 is 0 Å². The lowest BCUT2D eigenvalue weighted by molar-refractivity contribution is 0.0951. The van der Waals surface area contributed by atoms with Crippen molar-refractivity contribution < 1.29 is 4.79 Å². The monoisotopic (exact) mass is 369 g/mol. The Morgan fingerprint density at radius 3 is 2.59 bits per heavy atom. The molecule has 3 aromatic rings. The van der Waals surface area contributed by atoms with E-state index in [0.29, 0.717) is 18.0 Å². The van der Waals surface area contributed by atoms with Gasteiger partial charge in [0.15, 0.2) is 5.65 Å². The summed E-state index contributed by atoms with van der Waals surface area (Å²) >= 11 is 0. The third-order valence-electron chi connectivity index (χ3n) is 4.79. The molecular weight excluding hydrogens is 342 g/mol. The largest absolute Gasteiger partial charge is 0.381 e. The number of carbonyl (C=O) groups excluding carboxylic acids is 1. The number of rotatable bonds is 7. The lowest BCUT2D eigenvalue weighted by Gasteiger charge is -2.21. The minimum absolute atomic E-state index is 0.170. The van der Waals surface area contributed by atoms with E-state index in [1.807, 2.05) is 24.9 Å². The van der Waals surface area contributed by atoms with E-state index in [4.69, 9.17) is 0 Å². The highest BCUT2D eigenvalue weighted by Crippen LogP contribution is 2.27. The SMILES string of the molecule is CCn1ncc2c(N[C@@H](C)C(C)C)c(C(=O)NCc3cnn(C)c3)cnc21. The van der Waals surface area contributed by atoms with Gasteiger partial charge in [0.2, 0.25) is 0 Å². The maximum absolute atomic E-state index is 12.9. The van der Waals surface area contributed by atoms with Gasteiger partial charge in [0.05, 0.1) is 29.0 Å². The van der Waals surface area contributed by atoms with Crippen molar-refractivity contribution in [1.29, 1.82) is 0 Å². The van der Waals surface area contributed by atoms with Gasteiger partial charge in [-0.2, -0.15) is 10.2 Å². The van der Waals surface area contributed by atoms with Crippen molar-refractivity contribution in [2.45, 2.75) is 46.8 Å². The van der Waals surface area contributed by atoms with E-state index in [-0.39, 0.29) is 11.9 Å². The van der Waals surface area contributed by atoms with Gasteiger partial charge in [0, 0.05) is 44.1 Å². The molecule has 0 saturated carbocycles. The summed E-state index contributed by atoms with van der Waals surface area (Å²) in [5.74, 6) is 0.247. The van der Waals surface area contributed by atoms with E-state index in [0.717, 1.165) is 28.8 Å². The predicted octanol–water partition coefficient (Wildman–Crippen LogP) is 2.57. The zero-order chi connectivity index (χ0) is 19.6. The summed E-state index contributed by atoms with van der Waals surface area (Å²) in [4.78, 5) is 17.4. The highest BCUT2D eigenvalue weighted by atomic mass is 16.1. The first-order valence-corrected chi connectivity index (χ1v) is 9.27. The molecule has 8 heteroatoms. The van der Waals surface area contributed by atoms with E-state index in [9.17, 15) is 4.79 Å². The minimum Gasteiger partial charge on any atom is -0.381 e. The third kappa shape index (κ3) is 3.94. The number of nitrogens with zero attached hydrogens (tertiary/aromatic N) is 5. The highest BCUT2D eigenvalue weighted by Gasteiger charge is 2.20. The standard InChI is InChI=1S/C19H27N7O/c1-6-26-18-15(10-23-26)17(24-13(4)12(2)3)16(9-20-18)19(27)21-7-14-8-22-25(5)11-14/h8-13H,6-7H2,1-5H3,(H,20,24)(H,21,27)/t13-/m0/s1. The number of fused-ring (bicyclic) bond motifs is 1. The van der Waals surface area contributed by atoms with Crippen molar-refractivity contribution in [2.24, 2.45) is 13.0 Å². The van der Waals surface area contributed by atoms with Gasteiger partial charge in [-0.3, -0.25) is 9.48 Å². The van der Waals surface area contributed by atoms with Crippen molar-refractivity contribution >= 4 is 22.6 Å². The summed E-state index contributed by atoms with van der Waals surface area (Å²) in [5.41, 5.74) is 3.03. The number of carbonyl (C=O) groups is 1. The fourth-order valence-corrected chi connectivity index (χ4v) is 2.82. The van der Waals surface area contributed by atoms with Crippen LogP contribution in [0.15, 0.2) is 24.8 Å². The van der Waals surface area contributed by atoms with Gasteiger partial charge >= 0.3 is 0 Å². The Labute approximate surface area is 159 Å². The van der Waals surface area contributed by atoms with Gasteiger partial charge < -0.3 is 10.6 Å². The quantitative estimate of drug-likeness (QED) is 0.668.